The maximum atomic E-state index is 13.3. The lowest BCUT2D eigenvalue weighted by Crippen LogP contribution is -2.10. The molecule has 0 radical (unpaired) electrons. The van der Waals surface area contributed by atoms with Gasteiger partial charge in [-0.05, 0) is 36.8 Å². The summed E-state index contributed by atoms with van der Waals surface area (Å²) in [6.07, 6.45) is 6.55. The Balaban J connectivity index is 1.73. The molecular weight excluding hydrogens is 458 g/mol. The van der Waals surface area contributed by atoms with Crippen LogP contribution in [0.3, 0.4) is 0 Å². The number of hydrogen-bond donors (Lipinski definition) is 2. The second-order valence-electron chi connectivity index (χ2n) is 8.51. The van der Waals surface area contributed by atoms with Gasteiger partial charge in [0.15, 0.2) is 11.3 Å². The van der Waals surface area contributed by atoms with E-state index in [2.05, 4.69) is 20.2 Å². The van der Waals surface area contributed by atoms with E-state index in [0.29, 0.717) is 17.7 Å². The minimum absolute atomic E-state index is 0.0360. The van der Waals surface area contributed by atoms with E-state index >= 15 is 0 Å². The zero-order valence-corrected chi connectivity index (χ0v) is 19.6. The Morgan fingerprint density at radius 2 is 1.94 bits per heavy atom. The molecule has 0 amide bonds. The molecule has 5 aromatic rings. The molecule has 8 nitrogen and oxygen atoms in total. The molecule has 8 bridgehead atoms. The van der Waals surface area contributed by atoms with E-state index in [-0.39, 0.29) is 5.91 Å². The van der Waals surface area contributed by atoms with E-state index in [1.54, 1.807) is 34.5 Å². The summed E-state index contributed by atoms with van der Waals surface area (Å²) in [7, 11) is 0. The highest BCUT2D eigenvalue weighted by atomic mass is 32.1. The second-order valence-corrected chi connectivity index (χ2v) is 9.58. The molecule has 1 aromatic carbocycles. The number of nitrogens with one attached hydrogen (secondary N) is 2. The quantitative estimate of drug-likeness (QED) is 0.307. The van der Waals surface area contributed by atoms with Gasteiger partial charge in [-0.3, -0.25) is 24.5 Å². The first-order valence-electron chi connectivity index (χ1n) is 11.4. The van der Waals surface area contributed by atoms with Gasteiger partial charge in [-0.25, -0.2) is 15.0 Å². The van der Waals surface area contributed by atoms with E-state index in [0.717, 1.165) is 59.9 Å². The van der Waals surface area contributed by atoms with Crippen LogP contribution in [0.25, 0.3) is 64.8 Å². The Kier molecular flexibility index (Phi) is 4.34. The Hall–Kier alpha value is -4.37. The third-order valence-corrected chi connectivity index (χ3v) is 7.36. The SMILES string of the molecule is CCCC(=O)n1c2cncc(c2)c2cnc3[nH][nH]c(c4nc5cccc(c6ccc1s6)c5n4)-c3c2. The lowest BCUT2D eigenvalue weighted by molar-refractivity contribution is 0.0912. The topological polar surface area (TPSA) is 105 Å². The van der Waals surface area contributed by atoms with Crippen LogP contribution >= 0.6 is 11.3 Å². The highest BCUT2D eigenvalue weighted by Crippen LogP contribution is 2.32. The van der Waals surface area contributed by atoms with Crippen molar-refractivity contribution in [2.24, 2.45) is 0 Å². The van der Waals surface area contributed by atoms with Crippen molar-refractivity contribution in [3.63, 3.8) is 0 Å². The fraction of sp³-hybridized carbons (Fsp3) is 0.115. The highest BCUT2D eigenvalue weighted by molar-refractivity contribution is 7.24. The maximum absolute atomic E-state index is 13.3. The summed E-state index contributed by atoms with van der Waals surface area (Å²) < 4.78 is 2.80. The number of pyridine rings is 2. The van der Waals surface area contributed by atoms with Crippen molar-refractivity contribution in [1.29, 1.82) is 0 Å². The average Bonchev–Trinajstić information content (AvgIpc) is 3.61. The van der Waals surface area contributed by atoms with Crippen molar-refractivity contribution >= 4 is 70.8 Å². The number of thiophene rings is 1. The van der Waals surface area contributed by atoms with Gasteiger partial charge in [-0.15, -0.1) is 11.3 Å². The molecule has 0 saturated carbocycles. The van der Waals surface area contributed by atoms with Crippen molar-refractivity contribution in [3.8, 4) is 11.3 Å². The first kappa shape index (κ1) is 20.0. The Morgan fingerprint density at radius 1 is 1.03 bits per heavy atom. The average molecular weight is 478 g/mol. The number of rotatable bonds is 2. The van der Waals surface area contributed by atoms with Crippen molar-refractivity contribution in [3.05, 3.63) is 61.1 Å². The standard InChI is InChI=1S/C26H19N7OS/c1-2-4-21(34)33-16-9-14(11-27-13-16)15-10-18-24(31-32-25(18)28-12-15)26-29-19-6-3-5-17(23(19)30-26)20-7-8-22(33)35-20/h3,5-13,31H,2,4H2,1H3,(H,28,32). The predicted molar refractivity (Wildman–Crippen MR) is 140 cm³/mol. The fourth-order valence-electron chi connectivity index (χ4n) is 4.59. The van der Waals surface area contributed by atoms with Crippen LogP contribution in [-0.2, 0) is 0 Å². The molecule has 0 atom stereocenters. The number of aromatic amines is 2. The van der Waals surface area contributed by atoms with E-state index < -0.39 is 0 Å². The molecule has 4 aromatic heterocycles. The summed E-state index contributed by atoms with van der Waals surface area (Å²) in [5, 5.41) is 9.08. The Morgan fingerprint density at radius 3 is 2.86 bits per heavy atom. The number of nitrogens with zero attached hydrogens (tertiary/aromatic N) is 5. The first-order valence-corrected chi connectivity index (χ1v) is 12.2. The molecule has 0 aliphatic carbocycles. The number of H-pyrrole nitrogens is 2. The lowest BCUT2D eigenvalue weighted by atomic mass is 10.1. The van der Waals surface area contributed by atoms with Gasteiger partial charge in [0.05, 0.1) is 22.7 Å². The van der Waals surface area contributed by atoms with Crippen LogP contribution < -0.4 is 0 Å². The molecule has 0 unspecified atom stereocenters. The summed E-state index contributed by atoms with van der Waals surface area (Å²) in [4.78, 5) is 33.0. The van der Waals surface area contributed by atoms with E-state index in [1.807, 2.05) is 49.4 Å². The Labute approximate surface area is 202 Å². The number of aromatic nitrogens is 7. The van der Waals surface area contributed by atoms with Gasteiger partial charge in [0.2, 0.25) is 5.91 Å². The van der Waals surface area contributed by atoms with Gasteiger partial charge in [-0.1, -0.05) is 19.1 Å². The van der Waals surface area contributed by atoms with E-state index in [4.69, 9.17) is 9.97 Å². The van der Waals surface area contributed by atoms with Crippen LogP contribution in [0.5, 0.6) is 0 Å². The van der Waals surface area contributed by atoms with Crippen LogP contribution in [0, 0.1) is 0 Å². The number of benzene rings is 1. The van der Waals surface area contributed by atoms with Crippen LogP contribution in [0.2, 0.25) is 0 Å². The lowest BCUT2D eigenvalue weighted by Gasteiger charge is -2.07. The van der Waals surface area contributed by atoms with Crippen LogP contribution in [0.15, 0.2) is 61.1 Å². The molecule has 0 fully saturated rings. The molecule has 0 saturated heterocycles. The molecule has 7 rings (SSSR count). The van der Waals surface area contributed by atoms with Crippen molar-refractivity contribution in [1.82, 2.24) is 34.7 Å². The summed E-state index contributed by atoms with van der Waals surface area (Å²) >= 11 is 1.56. The molecule has 2 aliphatic rings. The van der Waals surface area contributed by atoms with Gasteiger partial charge in [0.1, 0.15) is 10.5 Å². The summed E-state index contributed by atoms with van der Waals surface area (Å²) in [5.41, 5.74) is 5.37. The second kappa shape index (κ2) is 7.57. The van der Waals surface area contributed by atoms with E-state index in [1.165, 1.54) is 0 Å². The first-order chi connectivity index (χ1) is 17.2. The fourth-order valence-corrected chi connectivity index (χ4v) is 5.66. The highest BCUT2D eigenvalue weighted by Gasteiger charge is 2.16. The van der Waals surface area contributed by atoms with Crippen molar-refractivity contribution in [2.45, 2.75) is 19.8 Å². The summed E-state index contributed by atoms with van der Waals surface area (Å²) in [6, 6.07) is 14.1. The number of para-hydroxylation sites is 1. The molecule has 9 heteroatoms. The molecule has 0 spiro atoms. The minimum Gasteiger partial charge on any atom is -0.295 e. The third kappa shape index (κ3) is 3.08. The Bertz CT molecular complexity index is 1960. The van der Waals surface area contributed by atoms with Crippen LogP contribution in [0.4, 0.5) is 0 Å². The summed E-state index contributed by atoms with van der Waals surface area (Å²) in [5.74, 6) is 0.0360. The zero-order chi connectivity index (χ0) is 23.5. The number of imidazole rings is 1. The van der Waals surface area contributed by atoms with Gasteiger partial charge in [0.25, 0.3) is 0 Å². The minimum atomic E-state index is 0.0360. The molecule has 170 valence electrons. The monoisotopic (exact) mass is 477 g/mol. The van der Waals surface area contributed by atoms with Gasteiger partial charge < -0.3 is 0 Å². The largest absolute Gasteiger partial charge is 0.295 e. The maximum Gasteiger partial charge on any atom is 0.232 e. The molecule has 2 N–H and O–H groups in total. The zero-order valence-electron chi connectivity index (χ0n) is 18.7. The van der Waals surface area contributed by atoms with Crippen molar-refractivity contribution < 1.29 is 4.79 Å². The molecular formula is C26H19N7OS. The normalized spacial score (nSPS) is 11.9. The predicted octanol–water partition coefficient (Wildman–Crippen LogP) is 6.22. The summed E-state index contributed by atoms with van der Waals surface area (Å²) in [6.45, 7) is 2.01. The molecule has 35 heavy (non-hydrogen) atoms. The number of fused-ring (bicyclic) bond motifs is 9. The smallest absolute Gasteiger partial charge is 0.232 e. The third-order valence-electron chi connectivity index (χ3n) is 6.25. The van der Waals surface area contributed by atoms with E-state index in [9.17, 15) is 4.79 Å². The van der Waals surface area contributed by atoms with Crippen LogP contribution in [0.1, 0.15) is 24.6 Å². The molecule has 6 heterocycles. The van der Waals surface area contributed by atoms with Crippen LogP contribution in [-0.4, -0.2) is 40.6 Å². The van der Waals surface area contributed by atoms with Gasteiger partial charge in [-0.2, -0.15) is 0 Å². The number of carbonyl (C=O) groups is 1. The number of hydrogen-bond acceptors (Lipinski definition) is 6. The molecule has 2 aliphatic heterocycles. The van der Waals surface area contributed by atoms with Gasteiger partial charge >= 0.3 is 0 Å². The van der Waals surface area contributed by atoms with Crippen molar-refractivity contribution in [2.75, 3.05) is 0 Å². The van der Waals surface area contributed by atoms with Gasteiger partial charge in [0, 0.05) is 45.2 Å². The number of carbonyl (C=O) groups excluding carboxylic acids is 1.